The molecule has 0 saturated carbocycles. The molecule has 0 bridgehead atoms. The molecule has 15 heavy (non-hydrogen) atoms. The molecular formula is C9H13FN4O. The zero-order valence-electron chi connectivity index (χ0n) is 8.54. The van der Waals surface area contributed by atoms with Gasteiger partial charge in [-0.1, -0.05) is 0 Å². The van der Waals surface area contributed by atoms with Crippen LogP contribution in [0.25, 0.3) is 0 Å². The van der Waals surface area contributed by atoms with Gasteiger partial charge < -0.3 is 15.9 Å². The van der Waals surface area contributed by atoms with Crippen molar-refractivity contribution in [2.45, 2.75) is 6.92 Å². The molecule has 6 heteroatoms. The highest BCUT2D eigenvalue weighted by Gasteiger charge is 1.95. The van der Waals surface area contributed by atoms with Crippen LogP contribution in [-0.4, -0.2) is 25.4 Å². The number of nitrogens with one attached hydrogen (secondary N) is 2. The Morgan fingerprint density at radius 2 is 2.13 bits per heavy atom. The van der Waals surface area contributed by atoms with Crippen LogP contribution in [0.3, 0.4) is 0 Å². The number of halogens is 1. The van der Waals surface area contributed by atoms with E-state index in [1.807, 2.05) is 0 Å². The van der Waals surface area contributed by atoms with Crippen LogP contribution in [0.2, 0.25) is 0 Å². The molecule has 0 aliphatic carbocycles. The van der Waals surface area contributed by atoms with E-state index in [4.69, 9.17) is 16.6 Å². The maximum atomic E-state index is 12.9. The number of nitrogens with two attached hydrogens (primary N) is 1. The van der Waals surface area contributed by atoms with Gasteiger partial charge in [0, 0.05) is 18.0 Å². The number of rotatable bonds is 4. The molecule has 0 aliphatic rings. The molecule has 0 rings (SSSR count). The van der Waals surface area contributed by atoms with Crippen LogP contribution in [0.4, 0.5) is 4.39 Å². The van der Waals surface area contributed by atoms with E-state index >= 15 is 0 Å². The van der Waals surface area contributed by atoms with E-state index in [1.54, 1.807) is 0 Å². The minimum absolute atomic E-state index is 0.00454. The van der Waals surface area contributed by atoms with E-state index in [1.165, 1.54) is 20.1 Å². The Kier molecular flexibility index (Phi) is 5.62. The number of hydrogen-bond donors (Lipinski definition) is 3. The molecule has 0 heterocycles. The van der Waals surface area contributed by atoms with Crippen molar-refractivity contribution in [1.29, 1.82) is 10.8 Å². The first-order valence-electron chi connectivity index (χ1n) is 4.02. The molecule has 0 aromatic rings. The predicted octanol–water partition coefficient (Wildman–Crippen LogP) is 1.37. The van der Waals surface area contributed by atoms with Gasteiger partial charge in [-0.15, -0.1) is 0 Å². The van der Waals surface area contributed by atoms with Crippen LogP contribution in [0.15, 0.2) is 28.3 Å². The molecule has 0 unspecified atom stereocenters. The van der Waals surface area contributed by atoms with E-state index in [2.05, 4.69) is 9.73 Å². The van der Waals surface area contributed by atoms with Crippen molar-refractivity contribution in [3.05, 3.63) is 23.3 Å². The van der Waals surface area contributed by atoms with Crippen molar-refractivity contribution in [2.24, 2.45) is 10.7 Å². The van der Waals surface area contributed by atoms with E-state index in [-0.39, 0.29) is 17.3 Å². The van der Waals surface area contributed by atoms with Crippen LogP contribution in [0, 0.1) is 10.8 Å². The molecule has 4 N–H and O–H groups in total. The van der Waals surface area contributed by atoms with Gasteiger partial charge in [0.15, 0.2) is 5.83 Å². The van der Waals surface area contributed by atoms with Crippen LogP contribution >= 0.6 is 0 Å². The summed E-state index contributed by atoms with van der Waals surface area (Å²) in [5, 5.41) is 14.1. The van der Waals surface area contributed by atoms with Gasteiger partial charge in [-0.25, -0.2) is 4.39 Å². The molecule has 0 radical (unpaired) electrons. The second kappa shape index (κ2) is 6.47. The van der Waals surface area contributed by atoms with Gasteiger partial charge in [-0.2, -0.15) is 0 Å². The van der Waals surface area contributed by atoms with Crippen LogP contribution in [-0.2, 0) is 4.74 Å². The molecule has 0 saturated heterocycles. The summed E-state index contributed by atoms with van der Waals surface area (Å²) in [7, 11) is 1.31. The molecule has 0 aromatic heterocycles. The normalized spacial score (nSPS) is 13.7. The van der Waals surface area contributed by atoms with Crippen molar-refractivity contribution in [3.63, 3.8) is 0 Å². The molecule has 5 nitrogen and oxygen atoms in total. The number of methoxy groups -OCH3 is 1. The van der Waals surface area contributed by atoms with Gasteiger partial charge in [0.1, 0.15) is 0 Å². The third-order valence-corrected chi connectivity index (χ3v) is 1.35. The molecule has 0 aliphatic heterocycles. The van der Waals surface area contributed by atoms with Crippen LogP contribution in [0.5, 0.6) is 0 Å². The lowest BCUT2D eigenvalue weighted by molar-refractivity contribution is 0.403. The topological polar surface area (TPSA) is 95.3 Å². The molecule has 82 valence electrons. The summed E-state index contributed by atoms with van der Waals surface area (Å²) in [6, 6.07) is 0. The van der Waals surface area contributed by atoms with Crippen molar-refractivity contribution in [1.82, 2.24) is 0 Å². The van der Waals surface area contributed by atoms with Gasteiger partial charge in [0.25, 0.3) is 0 Å². The summed E-state index contributed by atoms with van der Waals surface area (Å²) >= 11 is 0. The molecular weight excluding hydrogens is 199 g/mol. The van der Waals surface area contributed by atoms with E-state index in [0.29, 0.717) is 0 Å². The molecule has 0 amide bonds. The smallest absolute Gasteiger partial charge is 0.207 e. The fraction of sp³-hybridized carbons (Fsp3) is 0.222. The van der Waals surface area contributed by atoms with Gasteiger partial charge in [0.05, 0.1) is 19.0 Å². The second-order valence-electron chi connectivity index (χ2n) is 2.57. The Bertz CT molecular complexity index is 340. The number of hydrogen-bond acceptors (Lipinski definition) is 5. The summed E-state index contributed by atoms with van der Waals surface area (Å²) < 4.78 is 17.4. The monoisotopic (exact) mass is 212 g/mol. The number of nitrogens with zero attached hydrogens (tertiary/aromatic N) is 1. The van der Waals surface area contributed by atoms with Crippen molar-refractivity contribution in [2.75, 3.05) is 7.11 Å². The first-order valence-corrected chi connectivity index (χ1v) is 4.02. The average Bonchev–Trinajstić information content (AvgIpc) is 2.22. The summed E-state index contributed by atoms with van der Waals surface area (Å²) in [6.07, 6.45) is 2.95. The maximum Gasteiger partial charge on any atom is 0.207 e. The van der Waals surface area contributed by atoms with Gasteiger partial charge >= 0.3 is 0 Å². The Morgan fingerprint density at radius 3 is 2.53 bits per heavy atom. The lowest BCUT2D eigenvalue weighted by Gasteiger charge is -1.96. The van der Waals surface area contributed by atoms with E-state index < -0.39 is 5.83 Å². The summed E-state index contributed by atoms with van der Waals surface area (Å²) in [5.41, 5.74) is 5.26. The standard InChI is InChI=1S/C9H13FN4O/c1-6(12)8(10)5-14-7(4-11)3-9(13)15-2/h3-5,11,13H,12H2,1-2H3/b7-3+,8-6?,11-4?,13-9?,14-5?. The lowest BCUT2D eigenvalue weighted by Crippen LogP contribution is -1.98. The fourth-order valence-corrected chi connectivity index (χ4v) is 0.542. The minimum atomic E-state index is -0.674. The van der Waals surface area contributed by atoms with E-state index in [9.17, 15) is 4.39 Å². The van der Waals surface area contributed by atoms with Gasteiger partial charge in [-0.05, 0) is 6.92 Å². The Labute approximate surface area is 87.2 Å². The zero-order chi connectivity index (χ0) is 11.8. The molecule has 0 fully saturated rings. The fourth-order valence-electron chi connectivity index (χ4n) is 0.542. The third-order valence-electron chi connectivity index (χ3n) is 1.35. The van der Waals surface area contributed by atoms with Crippen molar-refractivity contribution < 1.29 is 9.13 Å². The van der Waals surface area contributed by atoms with Gasteiger partial charge in [0.2, 0.25) is 5.90 Å². The first-order chi connectivity index (χ1) is 7.01. The Balaban J connectivity index is 4.75. The molecule has 0 atom stereocenters. The third kappa shape index (κ3) is 5.35. The van der Waals surface area contributed by atoms with Crippen molar-refractivity contribution in [3.8, 4) is 0 Å². The SMILES string of the molecule is COC(=N)/C=C(\C=N)N=CC(F)=C(C)N. The highest BCUT2D eigenvalue weighted by molar-refractivity contribution is 5.93. The maximum absolute atomic E-state index is 12.9. The van der Waals surface area contributed by atoms with Crippen LogP contribution < -0.4 is 5.73 Å². The largest absolute Gasteiger partial charge is 0.481 e. The number of allylic oxidation sites excluding steroid dienone is 3. The average molecular weight is 212 g/mol. The Hall–Kier alpha value is -1.98. The second-order valence-corrected chi connectivity index (χ2v) is 2.57. The minimum Gasteiger partial charge on any atom is -0.481 e. The first kappa shape index (κ1) is 13.0. The highest BCUT2D eigenvalue weighted by atomic mass is 19.1. The Morgan fingerprint density at radius 1 is 1.53 bits per heavy atom. The summed E-state index contributed by atoms with van der Waals surface area (Å²) in [5.74, 6) is -0.841. The summed E-state index contributed by atoms with van der Waals surface area (Å²) in [4.78, 5) is 3.61. The number of ether oxygens (including phenoxy) is 1. The highest BCUT2D eigenvalue weighted by Crippen LogP contribution is 1.99. The van der Waals surface area contributed by atoms with E-state index in [0.717, 1.165) is 12.4 Å². The van der Waals surface area contributed by atoms with Crippen LogP contribution in [0.1, 0.15) is 6.92 Å². The van der Waals surface area contributed by atoms with Crippen molar-refractivity contribution >= 4 is 18.3 Å². The van der Waals surface area contributed by atoms with Gasteiger partial charge in [-0.3, -0.25) is 10.4 Å². The predicted molar refractivity (Wildman–Crippen MR) is 58.1 cm³/mol. The zero-order valence-corrected chi connectivity index (χ0v) is 8.54. The molecule has 0 spiro atoms. The summed E-state index contributed by atoms with van der Waals surface area (Å²) in [6.45, 7) is 1.40. The molecule has 0 aromatic carbocycles. The number of aliphatic imine (C=N–C) groups is 1. The quantitative estimate of drug-likeness (QED) is 0.484. The lowest BCUT2D eigenvalue weighted by atomic mass is 10.4.